The van der Waals surface area contributed by atoms with E-state index in [1.165, 1.54) is 6.07 Å². The second-order valence-corrected chi connectivity index (χ2v) is 5.48. The Morgan fingerprint density at radius 2 is 2.00 bits per heavy atom. The topological polar surface area (TPSA) is 38.0 Å². The molecule has 2 rings (SSSR count). The van der Waals surface area contributed by atoms with Gasteiger partial charge in [-0.05, 0) is 68.9 Å². The number of anilines is 3. The monoisotopic (exact) mass is 406 g/mol. The summed E-state index contributed by atoms with van der Waals surface area (Å²) in [4.78, 5) is 0. The summed E-state index contributed by atoms with van der Waals surface area (Å²) < 4.78 is 15.3. The third-order valence-corrected chi connectivity index (χ3v) is 3.77. The van der Waals surface area contributed by atoms with E-state index < -0.39 is 0 Å². The minimum Gasteiger partial charge on any atom is -0.399 e. The highest BCUT2D eigenvalue weighted by Gasteiger charge is 2.08. The first-order valence-corrected chi connectivity index (χ1v) is 6.71. The van der Waals surface area contributed by atoms with E-state index in [1.54, 1.807) is 18.2 Å². The van der Waals surface area contributed by atoms with Crippen molar-refractivity contribution in [3.63, 3.8) is 0 Å². The Kier molecular flexibility index (Phi) is 3.88. The normalized spacial score (nSPS) is 10.3. The van der Waals surface area contributed by atoms with Crippen molar-refractivity contribution in [2.75, 3.05) is 11.1 Å². The average molecular weight is 407 g/mol. The first-order chi connectivity index (χ1) is 8.08. The lowest BCUT2D eigenvalue weighted by molar-refractivity contribution is 0.631. The fraction of sp³-hybridized carbons (Fsp3) is 0. The average Bonchev–Trinajstić information content (AvgIpc) is 2.26. The van der Waals surface area contributed by atoms with Gasteiger partial charge in [0.2, 0.25) is 0 Å². The summed E-state index contributed by atoms with van der Waals surface area (Å²) in [6.45, 7) is 0. The van der Waals surface area contributed by atoms with E-state index >= 15 is 0 Å². The molecule has 0 aliphatic carbocycles. The number of halogens is 3. The Hall–Kier alpha value is -0.820. The highest BCUT2D eigenvalue weighted by atomic mass is 127. The number of para-hydroxylation sites is 1. The van der Waals surface area contributed by atoms with Gasteiger partial charge < -0.3 is 11.1 Å². The molecule has 17 heavy (non-hydrogen) atoms. The molecule has 2 nitrogen and oxygen atoms in total. The lowest BCUT2D eigenvalue weighted by atomic mass is 10.2. The number of benzene rings is 2. The van der Waals surface area contributed by atoms with Crippen LogP contribution in [0.3, 0.4) is 0 Å². The zero-order valence-corrected chi connectivity index (χ0v) is 12.4. The number of hydrogen-bond acceptors (Lipinski definition) is 2. The van der Waals surface area contributed by atoms with Crippen LogP contribution >= 0.6 is 38.5 Å². The lowest BCUT2D eigenvalue weighted by Crippen LogP contribution is -1.97. The van der Waals surface area contributed by atoms with Crippen LogP contribution in [0.1, 0.15) is 0 Å². The number of nitrogens with two attached hydrogens (primary N) is 1. The van der Waals surface area contributed by atoms with Crippen molar-refractivity contribution in [3.05, 3.63) is 50.3 Å². The van der Waals surface area contributed by atoms with E-state index in [-0.39, 0.29) is 5.82 Å². The lowest BCUT2D eigenvalue weighted by Gasteiger charge is -2.11. The van der Waals surface area contributed by atoms with E-state index in [0.717, 1.165) is 9.26 Å². The number of nitrogen functional groups attached to an aromatic ring is 1. The SMILES string of the molecule is Nc1ccc(Nc2c(F)cccc2Br)c(I)c1. The summed E-state index contributed by atoms with van der Waals surface area (Å²) >= 11 is 5.47. The number of rotatable bonds is 2. The van der Waals surface area contributed by atoms with Gasteiger partial charge in [-0.1, -0.05) is 6.07 Å². The van der Waals surface area contributed by atoms with Gasteiger partial charge in [0, 0.05) is 13.7 Å². The molecule has 0 aromatic heterocycles. The van der Waals surface area contributed by atoms with E-state index in [2.05, 4.69) is 43.8 Å². The molecule has 2 aromatic carbocycles. The number of nitrogens with one attached hydrogen (secondary N) is 1. The molecule has 0 amide bonds. The van der Waals surface area contributed by atoms with Crippen LogP contribution in [0.15, 0.2) is 40.9 Å². The maximum atomic E-state index is 13.6. The van der Waals surface area contributed by atoms with Gasteiger partial charge in [0.05, 0.1) is 11.4 Å². The van der Waals surface area contributed by atoms with Crippen molar-refractivity contribution in [1.82, 2.24) is 0 Å². The van der Waals surface area contributed by atoms with Gasteiger partial charge in [0.1, 0.15) is 5.82 Å². The quantitative estimate of drug-likeness (QED) is 0.568. The van der Waals surface area contributed by atoms with Crippen LogP contribution < -0.4 is 11.1 Å². The van der Waals surface area contributed by atoms with E-state index in [0.29, 0.717) is 15.8 Å². The van der Waals surface area contributed by atoms with Gasteiger partial charge in [-0.2, -0.15) is 0 Å². The van der Waals surface area contributed by atoms with Gasteiger partial charge in [0.15, 0.2) is 0 Å². The molecule has 5 heteroatoms. The van der Waals surface area contributed by atoms with Crippen LogP contribution in [0.2, 0.25) is 0 Å². The van der Waals surface area contributed by atoms with E-state index in [4.69, 9.17) is 5.73 Å². The molecule has 0 saturated heterocycles. The summed E-state index contributed by atoms with van der Waals surface area (Å²) in [5.41, 5.74) is 7.60. The molecular formula is C12H9BrFIN2. The van der Waals surface area contributed by atoms with Crippen molar-refractivity contribution in [2.24, 2.45) is 0 Å². The molecule has 0 bridgehead atoms. The van der Waals surface area contributed by atoms with Gasteiger partial charge >= 0.3 is 0 Å². The van der Waals surface area contributed by atoms with Crippen LogP contribution in [-0.4, -0.2) is 0 Å². The van der Waals surface area contributed by atoms with Crippen LogP contribution in [-0.2, 0) is 0 Å². The third kappa shape index (κ3) is 2.90. The summed E-state index contributed by atoms with van der Waals surface area (Å²) in [7, 11) is 0. The Labute approximate surface area is 121 Å². The van der Waals surface area contributed by atoms with Gasteiger partial charge in [-0.15, -0.1) is 0 Å². The fourth-order valence-corrected chi connectivity index (χ4v) is 2.50. The molecule has 0 aliphatic rings. The molecule has 0 heterocycles. The predicted octanol–water partition coefficient (Wildman–Crippen LogP) is 4.52. The molecule has 0 radical (unpaired) electrons. The molecular weight excluding hydrogens is 398 g/mol. The van der Waals surface area contributed by atoms with Gasteiger partial charge in [-0.25, -0.2) is 4.39 Å². The zero-order chi connectivity index (χ0) is 12.4. The molecule has 88 valence electrons. The summed E-state index contributed by atoms with van der Waals surface area (Å²) in [6, 6.07) is 10.3. The minimum atomic E-state index is -0.299. The number of hydrogen-bond donors (Lipinski definition) is 2. The summed E-state index contributed by atoms with van der Waals surface area (Å²) in [6.07, 6.45) is 0. The Bertz CT molecular complexity index is 540. The van der Waals surface area contributed by atoms with Crippen LogP contribution in [0, 0.1) is 9.39 Å². The molecule has 0 unspecified atom stereocenters. The molecule has 0 atom stereocenters. The molecule has 3 N–H and O–H groups in total. The molecule has 0 fully saturated rings. The van der Waals surface area contributed by atoms with Gasteiger partial charge in [0.25, 0.3) is 0 Å². The smallest absolute Gasteiger partial charge is 0.147 e. The van der Waals surface area contributed by atoms with Crippen molar-refractivity contribution < 1.29 is 4.39 Å². The van der Waals surface area contributed by atoms with Crippen molar-refractivity contribution in [3.8, 4) is 0 Å². The van der Waals surface area contributed by atoms with E-state index in [9.17, 15) is 4.39 Å². The van der Waals surface area contributed by atoms with Crippen molar-refractivity contribution in [2.45, 2.75) is 0 Å². The minimum absolute atomic E-state index is 0.299. The van der Waals surface area contributed by atoms with Crippen LogP contribution in [0.25, 0.3) is 0 Å². The van der Waals surface area contributed by atoms with Crippen molar-refractivity contribution >= 4 is 55.6 Å². The zero-order valence-electron chi connectivity index (χ0n) is 8.68. The van der Waals surface area contributed by atoms with Crippen LogP contribution in [0.4, 0.5) is 21.5 Å². The van der Waals surface area contributed by atoms with Crippen LogP contribution in [0.5, 0.6) is 0 Å². The predicted molar refractivity (Wildman–Crippen MR) is 81.0 cm³/mol. The highest BCUT2D eigenvalue weighted by Crippen LogP contribution is 2.31. The Balaban J connectivity index is 2.38. The molecule has 0 saturated carbocycles. The largest absolute Gasteiger partial charge is 0.399 e. The molecule has 0 spiro atoms. The maximum Gasteiger partial charge on any atom is 0.147 e. The highest BCUT2D eigenvalue weighted by molar-refractivity contribution is 14.1. The first-order valence-electron chi connectivity index (χ1n) is 4.84. The first kappa shape index (κ1) is 12.6. The fourth-order valence-electron chi connectivity index (χ4n) is 1.38. The molecule has 0 aliphatic heterocycles. The van der Waals surface area contributed by atoms with Gasteiger partial charge in [-0.3, -0.25) is 0 Å². The Morgan fingerprint density at radius 1 is 1.24 bits per heavy atom. The summed E-state index contributed by atoms with van der Waals surface area (Å²) in [5, 5.41) is 3.05. The van der Waals surface area contributed by atoms with E-state index in [1.807, 2.05) is 12.1 Å². The maximum absolute atomic E-state index is 13.6. The second-order valence-electron chi connectivity index (χ2n) is 3.46. The Morgan fingerprint density at radius 3 is 2.65 bits per heavy atom. The molecule has 2 aromatic rings. The third-order valence-electron chi connectivity index (χ3n) is 2.22. The summed E-state index contributed by atoms with van der Waals surface area (Å²) in [5.74, 6) is -0.299. The van der Waals surface area contributed by atoms with Crippen molar-refractivity contribution in [1.29, 1.82) is 0 Å². The second kappa shape index (κ2) is 5.22. The standard InChI is InChI=1S/C12H9BrFIN2/c13-8-2-1-3-9(14)12(8)17-11-5-4-7(16)6-10(11)15/h1-6,17H,16H2.